The third kappa shape index (κ3) is 9.76. The average Bonchev–Trinajstić information content (AvgIpc) is 3.55. The van der Waals surface area contributed by atoms with Crippen molar-refractivity contribution in [2.24, 2.45) is 0 Å². The fourth-order valence-corrected chi connectivity index (χ4v) is 8.89. The highest BCUT2D eigenvalue weighted by Gasteiger charge is 2.32. The van der Waals surface area contributed by atoms with E-state index in [1.807, 2.05) is 61.5 Å². The number of halogens is 1. The number of thioether (sulfide) groups is 1. The molecule has 3 N–H and O–H groups in total. The smallest absolute Gasteiger partial charge is 0.341 e. The first-order chi connectivity index (χ1) is 26.2. The predicted octanol–water partition coefficient (Wildman–Crippen LogP) is 9.88. The quantitative estimate of drug-likeness (QED) is 0.0620. The van der Waals surface area contributed by atoms with Crippen molar-refractivity contribution in [2.75, 3.05) is 17.2 Å². The zero-order chi connectivity index (χ0) is 38.0. The minimum Gasteiger partial charge on any atom is -0.462 e. The number of amides is 3. The zero-order valence-corrected chi connectivity index (χ0v) is 33.1. The fourth-order valence-electron chi connectivity index (χ4n) is 6.30. The van der Waals surface area contributed by atoms with E-state index in [1.54, 1.807) is 55.5 Å². The Balaban J connectivity index is 1.17. The molecule has 1 heterocycles. The highest BCUT2D eigenvalue weighted by molar-refractivity contribution is 9.10. The van der Waals surface area contributed by atoms with Crippen LogP contribution in [-0.4, -0.2) is 35.5 Å². The van der Waals surface area contributed by atoms with Crippen LogP contribution in [0.25, 0.3) is 6.08 Å². The number of carbonyl (C=O) groups is 4. The Bertz CT molecular complexity index is 2150. The average molecular weight is 823 g/mol. The molecule has 276 valence electrons. The van der Waals surface area contributed by atoms with Crippen LogP contribution in [0.3, 0.4) is 0 Å². The number of rotatable bonds is 13. The van der Waals surface area contributed by atoms with Crippen LogP contribution >= 0.6 is 39.0 Å². The molecule has 0 spiro atoms. The Hall–Kier alpha value is -4.97. The van der Waals surface area contributed by atoms with Gasteiger partial charge in [0, 0.05) is 25.5 Å². The summed E-state index contributed by atoms with van der Waals surface area (Å²) < 4.78 is 6.35. The van der Waals surface area contributed by atoms with Crippen molar-refractivity contribution >= 4 is 79.5 Å². The minimum atomic E-state index is -0.503. The molecule has 6 rings (SSSR count). The first-order valence-corrected chi connectivity index (χ1v) is 20.3. The van der Waals surface area contributed by atoms with Gasteiger partial charge in [0.15, 0.2) is 0 Å². The van der Waals surface area contributed by atoms with Crippen molar-refractivity contribution in [3.8, 4) is 0 Å². The molecule has 0 radical (unpaired) electrons. The molecule has 54 heavy (non-hydrogen) atoms. The van der Waals surface area contributed by atoms with Crippen LogP contribution in [0.1, 0.15) is 74.9 Å². The predicted molar refractivity (Wildman–Crippen MR) is 221 cm³/mol. The highest BCUT2D eigenvalue weighted by Crippen LogP contribution is 2.43. The van der Waals surface area contributed by atoms with E-state index in [2.05, 4.69) is 44.0 Å². The molecule has 1 aromatic heterocycles. The number of carbonyl (C=O) groups excluding carboxylic acids is 4. The lowest BCUT2D eigenvalue weighted by Crippen LogP contribution is -2.30. The van der Waals surface area contributed by atoms with Crippen molar-refractivity contribution in [1.29, 1.82) is 0 Å². The van der Waals surface area contributed by atoms with E-state index in [4.69, 9.17) is 4.74 Å². The van der Waals surface area contributed by atoms with Gasteiger partial charge in [0.1, 0.15) is 10.7 Å². The molecule has 2 atom stereocenters. The SMILES string of the molecule is CCOC(=O)c1c(NC(=O)C(CC)Sc2cccc(NC(=O)/C(=C/c3ccc(Br)cc3)NC(=O)c3ccccc3)c2)sc2c1CCC(c1ccccc1)C2. The summed E-state index contributed by atoms with van der Waals surface area (Å²) in [7, 11) is 0. The Morgan fingerprint density at radius 2 is 1.63 bits per heavy atom. The second kappa shape index (κ2) is 18.4. The zero-order valence-electron chi connectivity index (χ0n) is 29.9. The standard InChI is InChI=1S/C43H40BrN3O5S2/c1-3-36(41(50)47-42-38(43(51)52-4-2)34-23-20-30(25-37(34)54-42)28-12-7-5-8-13-28)53-33-17-11-16-32(26-33)45-40(49)35(24-27-18-21-31(44)22-19-27)46-39(48)29-14-9-6-10-15-29/h5-19,21-22,24,26,30,36H,3-4,20,23,25H2,1-2H3,(H,45,49)(H,46,48)(H,47,50)/b35-24-. The monoisotopic (exact) mass is 821 g/mol. The molecule has 0 bridgehead atoms. The number of fused-ring (bicyclic) bond motifs is 1. The van der Waals surface area contributed by atoms with E-state index in [0.717, 1.165) is 44.6 Å². The maximum atomic E-state index is 13.8. The Labute approximate surface area is 331 Å². The van der Waals surface area contributed by atoms with Gasteiger partial charge in [0.05, 0.1) is 17.4 Å². The summed E-state index contributed by atoms with van der Waals surface area (Å²) in [6, 6.07) is 33.7. The van der Waals surface area contributed by atoms with E-state index in [1.165, 1.54) is 28.7 Å². The van der Waals surface area contributed by atoms with Gasteiger partial charge in [-0.25, -0.2) is 4.79 Å². The Kier molecular flexibility index (Phi) is 13.2. The van der Waals surface area contributed by atoms with Crippen molar-refractivity contribution in [1.82, 2.24) is 5.32 Å². The van der Waals surface area contributed by atoms with E-state index < -0.39 is 23.0 Å². The largest absolute Gasteiger partial charge is 0.462 e. The number of nitrogens with one attached hydrogen (secondary N) is 3. The van der Waals surface area contributed by atoms with Crippen LogP contribution in [0, 0.1) is 0 Å². The van der Waals surface area contributed by atoms with Gasteiger partial charge in [-0.3, -0.25) is 14.4 Å². The lowest BCUT2D eigenvalue weighted by atomic mass is 9.83. The Morgan fingerprint density at radius 3 is 2.33 bits per heavy atom. The normalized spacial score (nSPS) is 14.4. The summed E-state index contributed by atoms with van der Waals surface area (Å²) in [5.74, 6) is -1.21. The van der Waals surface area contributed by atoms with E-state index in [9.17, 15) is 19.2 Å². The molecule has 1 aliphatic carbocycles. The third-order valence-corrected chi connectivity index (χ3v) is 12.1. The molecule has 0 aliphatic heterocycles. The van der Waals surface area contributed by atoms with Gasteiger partial charge >= 0.3 is 5.97 Å². The van der Waals surface area contributed by atoms with Crippen LogP contribution in [0.4, 0.5) is 10.7 Å². The van der Waals surface area contributed by atoms with Crippen LogP contribution in [0.5, 0.6) is 0 Å². The number of ether oxygens (including phenoxy) is 1. The summed E-state index contributed by atoms with van der Waals surface area (Å²) in [5.41, 5.74) is 4.43. The first-order valence-electron chi connectivity index (χ1n) is 17.8. The van der Waals surface area contributed by atoms with E-state index in [-0.39, 0.29) is 18.2 Å². The summed E-state index contributed by atoms with van der Waals surface area (Å²) >= 11 is 6.27. The maximum Gasteiger partial charge on any atom is 0.341 e. The van der Waals surface area contributed by atoms with Crippen LogP contribution in [0.15, 0.2) is 124 Å². The fraction of sp³-hybridized carbons (Fsp3) is 0.209. The van der Waals surface area contributed by atoms with Crippen LogP contribution in [0.2, 0.25) is 0 Å². The molecule has 3 amide bonds. The topological polar surface area (TPSA) is 114 Å². The molecule has 0 saturated heterocycles. The summed E-state index contributed by atoms with van der Waals surface area (Å²) in [4.78, 5) is 55.7. The maximum absolute atomic E-state index is 13.8. The molecule has 8 nitrogen and oxygen atoms in total. The van der Waals surface area contributed by atoms with Crippen LogP contribution in [-0.2, 0) is 27.2 Å². The molecule has 4 aromatic carbocycles. The molecule has 1 aliphatic rings. The number of hydrogen-bond acceptors (Lipinski definition) is 7. The highest BCUT2D eigenvalue weighted by atomic mass is 79.9. The molecular formula is C43H40BrN3O5S2. The van der Waals surface area contributed by atoms with Crippen molar-refractivity contribution < 1.29 is 23.9 Å². The lowest BCUT2D eigenvalue weighted by Gasteiger charge is -2.23. The molecule has 5 aromatic rings. The van der Waals surface area contributed by atoms with Gasteiger partial charge < -0.3 is 20.7 Å². The first kappa shape index (κ1) is 38.7. The summed E-state index contributed by atoms with van der Waals surface area (Å²) in [5, 5.41) is 8.81. The second-order valence-electron chi connectivity index (χ2n) is 12.7. The number of anilines is 2. The molecular weight excluding hydrogens is 783 g/mol. The molecule has 2 unspecified atom stereocenters. The number of esters is 1. The van der Waals surface area contributed by atoms with Crippen molar-refractivity contribution in [2.45, 2.75) is 55.6 Å². The van der Waals surface area contributed by atoms with Gasteiger partial charge in [-0.1, -0.05) is 89.6 Å². The van der Waals surface area contributed by atoms with E-state index >= 15 is 0 Å². The third-order valence-electron chi connectivity index (χ3n) is 9.00. The van der Waals surface area contributed by atoms with Gasteiger partial charge in [-0.05, 0) is 104 Å². The molecule has 0 saturated carbocycles. The van der Waals surface area contributed by atoms with Gasteiger partial charge in [-0.15, -0.1) is 23.1 Å². The number of benzene rings is 4. The van der Waals surface area contributed by atoms with Gasteiger partial charge in [-0.2, -0.15) is 0 Å². The van der Waals surface area contributed by atoms with Crippen molar-refractivity contribution in [3.63, 3.8) is 0 Å². The molecule has 11 heteroatoms. The van der Waals surface area contributed by atoms with Crippen LogP contribution < -0.4 is 16.0 Å². The minimum absolute atomic E-state index is 0.0705. The number of hydrogen-bond donors (Lipinski definition) is 3. The number of thiophene rings is 1. The summed E-state index contributed by atoms with van der Waals surface area (Å²) in [6.45, 7) is 3.96. The van der Waals surface area contributed by atoms with Gasteiger partial charge in [0.25, 0.3) is 11.8 Å². The lowest BCUT2D eigenvalue weighted by molar-refractivity contribution is -0.116. The van der Waals surface area contributed by atoms with Gasteiger partial charge in [0.2, 0.25) is 5.91 Å². The van der Waals surface area contributed by atoms with E-state index in [0.29, 0.717) is 34.2 Å². The summed E-state index contributed by atoms with van der Waals surface area (Å²) in [6.07, 6.45) is 4.58. The van der Waals surface area contributed by atoms with Crippen molar-refractivity contribution in [3.05, 3.63) is 152 Å². The Morgan fingerprint density at radius 1 is 0.907 bits per heavy atom. The molecule has 0 fully saturated rings. The second-order valence-corrected chi connectivity index (χ2v) is 16.0.